The zero-order valence-corrected chi connectivity index (χ0v) is 11.5. The molecule has 3 N–H and O–H groups in total. The van der Waals surface area contributed by atoms with Crippen LogP contribution in [0.5, 0.6) is 0 Å². The predicted octanol–water partition coefficient (Wildman–Crippen LogP) is 2.12. The normalized spacial score (nSPS) is 20.6. The molecule has 0 amide bonds. The number of hydrogen-bond donors (Lipinski definition) is 2. The van der Waals surface area contributed by atoms with Gasteiger partial charge in [0.15, 0.2) is 0 Å². The van der Waals surface area contributed by atoms with E-state index in [2.05, 4.69) is 33.0 Å². The third kappa shape index (κ3) is 3.00. The largest absolute Gasteiger partial charge is 0.396 e. The van der Waals surface area contributed by atoms with Crippen LogP contribution in [-0.4, -0.2) is 24.8 Å². The smallest absolute Gasteiger partial charge is 0.0476 e. The molecule has 1 aliphatic heterocycles. The van der Waals surface area contributed by atoms with Gasteiger partial charge >= 0.3 is 0 Å². The molecule has 0 aliphatic carbocycles. The number of aliphatic hydroxyl groups is 1. The van der Waals surface area contributed by atoms with Crippen molar-refractivity contribution >= 4 is 21.6 Å². The van der Waals surface area contributed by atoms with Crippen LogP contribution in [0.3, 0.4) is 0 Å². The molecule has 1 aliphatic rings. The van der Waals surface area contributed by atoms with Gasteiger partial charge in [0.2, 0.25) is 0 Å². The van der Waals surface area contributed by atoms with Gasteiger partial charge < -0.3 is 15.7 Å². The third-order valence-corrected chi connectivity index (χ3v) is 3.88. The van der Waals surface area contributed by atoms with Crippen LogP contribution in [0.1, 0.15) is 18.4 Å². The highest BCUT2D eigenvalue weighted by Crippen LogP contribution is 2.29. The summed E-state index contributed by atoms with van der Waals surface area (Å²) in [6.07, 6.45) is 2.26. The van der Waals surface area contributed by atoms with Gasteiger partial charge in [0.05, 0.1) is 0 Å². The number of rotatable bonds is 3. The van der Waals surface area contributed by atoms with Gasteiger partial charge in [-0.05, 0) is 36.5 Å². The topological polar surface area (TPSA) is 49.5 Å². The van der Waals surface area contributed by atoms with Gasteiger partial charge in [-0.1, -0.05) is 22.0 Å². The van der Waals surface area contributed by atoms with Gasteiger partial charge in [0.25, 0.3) is 0 Å². The van der Waals surface area contributed by atoms with Gasteiger partial charge in [0.1, 0.15) is 0 Å². The van der Waals surface area contributed by atoms with Crippen LogP contribution < -0.4 is 10.6 Å². The van der Waals surface area contributed by atoms with Crippen LogP contribution in [0.15, 0.2) is 22.7 Å². The van der Waals surface area contributed by atoms with E-state index >= 15 is 0 Å². The molecule has 1 saturated heterocycles. The van der Waals surface area contributed by atoms with E-state index in [4.69, 9.17) is 5.73 Å². The van der Waals surface area contributed by atoms with E-state index in [0.717, 1.165) is 30.4 Å². The summed E-state index contributed by atoms with van der Waals surface area (Å²) in [5, 5.41) is 9.28. The van der Waals surface area contributed by atoms with Crippen LogP contribution in [-0.2, 0) is 6.54 Å². The fourth-order valence-corrected chi connectivity index (χ4v) is 2.79. The summed E-state index contributed by atoms with van der Waals surface area (Å²) >= 11 is 3.51. The van der Waals surface area contributed by atoms with Crippen molar-refractivity contribution in [1.82, 2.24) is 0 Å². The molecular formula is C13H19BrN2O. The molecule has 1 aromatic rings. The van der Waals surface area contributed by atoms with E-state index in [1.165, 1.54) is 11.3 Å². The maximum absolute atomic E-state index is 9.28. The zero-order valence-electron chi connectivity index (χ0n) is 9.90. The van der Waals surface area contributed by atoms with Crippen LogP contribution in [0.2, 0.25) is 0 Å². The Morgan fingerprint density at radius 2 is 2.29 bits per heavy atom. The molecule has 1 atom stereocenters. The number of halogens is 1. The first-order chi connectivity index (χ1) is 8.24. The SMILES string of the molecule is NCc1ccc(Br)cc1N1CCCC(CO)C1. The van der Waals surface area contributed by atoms with E-state index in [9.17, 15) is 5.11 Å². The first-order valence-electron chi connectivity index (χ1n) is 6.09. The Morgan fingerprint density at radius 1 is 1.47 bits per heavy atom. The fourth-order valence-electron chi connectivity index (χ4n) is 2.44. The number of nitrogens with two attached hydrogens (primary N) is 1. The molecule has 0 saturated carbocycles. The van der Waals surface area contributed by atoms with Crippen molar-refractivity contribution in [1.29, 1.82) is 0 Å². The third-order valence-electron chi connectivity index (χ3n) is 3.39. The zero-order chi connectivity index (χ0) is 12.3. The number of anilines is 1. The van der Waals surface area contributed by atoms with Crippen LogP contribution in [0, 0.1) is 5.92 Å². The van der Waals surface area contributed by atoms with Crippen molar-refractivity contribution < 1.29 is 5.11 Å². The quantitative estimate of drug-likeness (QED) is 0.899. The van der Waals surface area contributed by atoms with Crippen molar-refractivity contribution in [3.8, 4) is 0 Å². The molecule has 0 spiro atoms. The Morgan fingerprint density at radius 3 is 3.00 bits per heavy atom. The Labute approximate surface area is 111 Å². The molecule has 1 heterocycles. The maximum atomic E-state index is 9.28. The fraction of sp³-hybridized carbons (Fsp3) is 0.538. The molecule has 94 valence electrons. The number of nitrogens with zero attached hydrogens (tertiary/aromatic N) is 1. The van der Waals surface area contributed by atoms with E-state index in [1.807, 2.05) is 6.07 Å². The average Bonchev–Trinajstić information content (AvgIpc) is 2.39. The highest BCUT2D eigenvalue weighted by Gasteiger charge is 2.21. The van der Waals surface area contributed by atoms with Crippen molar-refractivity contribution in [3.63, 3.8) is 0 Å². The second-order valence-electron chi connectivity index (χ2n) is 4.61. The summed E-state index contributed by atoms with van der Waals surface area (Å²) in [7, 11) is 0. The molecule has 3 nitrogen and oxygen atoms in total. The Hall–Kier alpha value is -0.580. The lowest BCUT2D eigenvalue weighted by Crippen LogP contribution is -2.37. The Bertz CT molecular complexity index is 384. The molecule has 1 unspecified atom stereocenters. The summed E-state index contributed by atoms with van der Waals surface area (Å²) < 4.78 is 1.08. The van der Waals surface area contributed by atoms with E-state index in [1.54, 1.807) is 0 Å². The molecule has 2 rings (SSSR count). The Kier molecular flexibility index (Phi) is 4.42. The second-order valence-corrected chi connectivity index (χ2v) is 5.53. The first kappa shape index (κ1) is 12.9. The molecular weight excluding hydrogens is 280 g/mol. The minimum atomic E-state index is 0.280. The van der Waals surface area contributed by atoms with E-state index in [0.29, 0.717) is 12.5 Å². The summed E-state index contributed by atoms with van der Waals surface area (Å²) in [5.74, 6) is 0.397. The van der Waals surface area contributed by atoms with Crippen LogP contribution in [0.4, 0.5) is 5.69 Å². The summed E-state index contributed by atoms with van der Waals surface area (Å²) in [5.41, 5.74) is 8.16. The van der Waals surface area contributed by atoms with Gasteiger partial charge in [-0.25, -0.2) is 0 Å². The predicted molar refractivity (Wildman–Crippen MR) is 74.1 cm³/mol. The number of hydrogen-bond acceptors (Lipinski definition) is 3. The lowest BCUT2D eigenvalue weighted by atomic mass is 9.97. The molecule has 0 aromatic heterocycles. The monoisotopic (exact) mass is 298 g/mol. The van der Waals surface area contributed by atoms with Crippen molar-refractivity contribution in [2.24, 2.45) is 11.7 Å². The van der Waals surface area contributed by atoms with Crippen molar-refractivity contribution in [2.45, 2.75) is 19.4 Å². The van der Waals surface area contributed by atoms with E-state index < -0.39 is 0 Å². The maximum Gasteiger partial charge on any atom is 0.0476 e. The van der Waals surface area contributed by atoms with Crippen LogP contribution in [0.25, 0.3) is 0 Å². The molecule has 1 fully saturated rings. The number of aliphatic hydroxyl groups excluding tert-OH is 1. The lowest BCUT2D eigenvalue weighted by molar-refractivity contribution is 0.208. The van der Waals surface area contributed by atoms with E-state index in [-0.39, 0.29) is 6.61 Å². The van der Waals surface area contributed by atoms with Crippen molar-refractivity contribution in [3.05, 3.63) is 28.2 Å². The van der Waals surface area contributed by atoms with Crippen molar-refractivity contribution in [2.75, 3.05) is 24.6 Å². The van der Waals surface area contributed by atoms with Gasteiger partial charge in [0, 0.05) is 36.4 Å². The minimum Gasteiger partial charge on any atom is -0.396 e. The molecule has 4 heteroatoms. The van der Waals surface area contributed by atoms with Gasteiger partial charge in [-0.15, -0.1) is 0 Å². The summed E-state index contributed by atoms with van der Waals surface area (Å²) in [4.78, 5) is 2.34. The molecule has 1 aromatic carbocycles. The second kappa shape index (κ2) is 5.85. The van der Waals surface area contributed by atoms with Gasteiger partial charge in [-0.3, -0.25) is 0 Å². The standard InChI is InChI=1S/C13H19BrN2O/c14-12-4-3-11(7-15)13(6-12)16-5-1-2-10(8-16)9-17/h3-4,6,10,17H,1-2,5,7-9,15H2. The number of benzene rings is 1. The van der Waals surface area contributed by atoms with Gasteiger partial charge in [-0.2, -0.15) is 0 Å². The molecule has 17 heavy (non-hydrogen) atoms. The highest BCUT2D eigenvalue weighted by atomic mass is 79.9. The lowest BCUT2D eigenvalue weighted by Gasteiger charge is -2.35. The first-order valence-corrected chi connectivity index (χ1v) is 6.88. The summed E-state index contributed by atoms with van der Waals surface area (Å²) in [6.45, 7) is 2.82. The Balaban J connectivity index is 2.22. The molecule has 0 radical (unpaired) electrons. The number of piperidine rings is 1. The molecule has 0 bridgehead atoms. The highest BCUT2D eigenvalue weighted by molar-refractivity contribution is 9.10. The summed E-state index contributed by atoms with van der Waals surface area (Å²) in [6, 6.07) is 6.23. The minimum absolute atomic E-state index is 0.280. The van der Waals surface area contributed by atoms with Crippen LogP contribution >= 0.6 is 15.9 Å². The average molecular weight is 299 g/mol.